The Kier molecular flexibility index (Phi) is 5.91. The molecule has 1 aromatic heterocycles. The topological polar surface area (TPSA) is 74.2 Å². The highest BCUT2D eigenvalue weighted by Crippen LogP contribution is 2.27. The monoisotopic (exact) mass is 363 g/mol. The van der Waals surface area contributed by atoms with Gasteiger partial charge in [0, 0.05) is 42.1 Å². The molecule has 1 N–H and O–H groups in total. The molecule has 0 aliphatic rings. The first-order valence-corrected chi connectivity index (χ1v) is 9.13. The molecule has 0 radical (unpaired) electrons. The Balaban J connectivity index is 1.76. The summed E-state index contributed by atoms with van der Waals surface area (Å²) in [5, 5.41) is 14.4. The van der Waals surface area contributed by atoms with Crippen LogP contribution in [-0.4, -0.2) is 23.0 Å². The van der Waals surface area contributed by atoms with Crippen LogP contribution in [0.3, 0.4) is 0 Å². The van der Waals surface area contributed by atoms with Gasteiger partial charge in [0.05, 0.1) is 0 Å². The number of aromatic nitrogens is 1. The van der Waals surface area contributed by atoms with Crippen LogP contribution in [0.1, 0.15) is 29.7 Å². The summed E-state index contributed by atoms with van der Waals surface area (Å²) in [6.07, 6.45) is 0.406. The number of carboxylic acids is 1. The van der Waals surface area contributed by atoms with Crippen molar-refractivity contribution in [2.75, 3.05) is 6.54 Å². The molecule has 2 aromatic carbocycles. The Morgan fingerprint density at radius 1 is 1.00 bits per heavy atom. The minimum absolute atomic E-state index is 0.0446. The Morgan fingerprint density at radius 2 is 1.70 bits per heavy atom. The van der Waals surface area contributed by atoms with Gasteiger partial charge in [0.15, 0.2) is 0 Å². The highest BCUT2D eigenvalue weighted by molar-refractivity contribution is 5.86. The molecule has 140 valence electrons. The van der Waals surface area contributed by atoms with Crippen molar-refractivity contribution in [3.05, 3.63) is 71.4 Å². The first kappa shape index (κ1) is 18.7. The molecule has 0 spiro atoms. The van der Waals surface area contributed by atoms with Gasteiger partial charge in [-0.15, -0.1) is 0 Å². The highest BCUT2D eigenvalue weighted by Gasteiger charge is 2.14. The van der Waals surface area contributed by atoms with E-state index in [4.69, 9.17) is 0 Å². The van der Waals surface area contributed by atoms with Crippen LogP contribution in [-0.2, 0) is 22.6 Å². The van der Waals surface area contributed by atoms with E-state index < -0.39 is 5.97 Å². The van der Waals surface area contributed by atoms with E-state index in [2.05, 4.69) is 41.1 Å². The standard InChI is InChI=1S/C22H24N2O3/c1-16-18(13-14-23-21(25)11-12-22(26)27)19-9-5-6-10-20(19)24(16)15-17-7-3-2-4-8-17/h2-10H,11-15H2,1H3,(H,23,25)(H,26,27)/p-1. The number of carbonyl (C=O) groups is 2. The predicted octanol–water partition coefficient (Wildman–Crippen LogP) is 2.19. The van der Waals surface area contributed by atoms with Crippen LogP contribution in [0, 0.1) is 6.92 Å². The zero-order valence-corrected chi connectivity index (χ0v) is 15.4. The maximum absolute atomic E-state index is 11.7. The number of carboxylic acid groups (broad SMARTS) is 1. The lowest BCUT2D eigenvalue weighted by Gasteiger charge is -2.10. The summed E-state index contributed by atoms with van der Waals surface area (Å²) in [6.45, 7) is 3.38. The van der Waals surface area contributed by atoms with Gasteiger partial charge in [-0.05, 0) is 37.0 Å². The number of hydrogen-bond acceptors (Lipinski definition) is 3. The van der Waals surface area contributed by atoms with Gasteiger partial charge in [-0.3, -0.25) is 4.79 Å². The number of hydrogen-bond donors (Lipinski definition) is 1. The van der Waals surface area contributed by atoms with Crippen molar-refractivity contribution in [3.8, 4) is 0 Å². The Hall–Kier alpha value is -3.08. The number of para-hydroxylation sites is 1. The zero-order chi connectivity index (χ0) is 19.2. The van der Waals surface area contributed by atoms with E-state index in [9.17, 15) is 14.7 Å². The van der Waals surface area contributed by atoms with Gasteiger partial charge in [0.25, 0.3) is 0 Å². The lowest BCUT2D eigenvalue weighted by molar-refractivity contribution is -0.305. The molecule has 0 saturated heterocycles. The molecule has 0 fully saturated rings. The Bertz CT molecular complexity index is 945. The molecule has 0 bridgehead atoms. The number of carbonyl (C=O) groups excluding carboxylic acids is 2. The summed E-state index contributed by atoms with van der Waals surface area (Å²) in [4.78, 5) is 22.2. The quantitative estimate of drug-likeness (QED) is 0.667. The molecular weight excluding hydrogens is 340 g/mol. The van der Waals surface area contributed by atoms with Crippen LogP contribution in [0.4, 0.5) is 0 Å². The van der Waals surface area contributed by atoms with Gasteiger partial charge in [0.1, 0.15) is 0 Å². The summed E-state index contributed by atoms with van der Waals surface area (Å²) >= 11 is 0. The van der Waals surface area contributed by atoms with Gasteiger partial charge < -0.3 is 19.8 Å². The zero-order valence-electron chi connectivity index (χ0n) is 15.4. The number of fused-ring (bicyclic) bond motifs is 1. The third kappa shape index (κ3) is 4.56. The molecule has 0 unspecified atom stereocenters. The average Bonchev–Trinajstić information content (AvgIpc) is 2.93. The summed E-state index contributed by atoms with van der Waals surface area (Å²) in [5.41, 5.74) is 4.81. The number of amides is 1. The minimum atomic E-state index is -1.20. The van der Waals surface area contributed by atoms with Gasteiger partial charge in [0.2, 0.25) is 5.91 Å². The maximum Gasteiger partial charge on any atom is 0.220 e. The Morgan fingerprint density at radius 3 is 2.44 bits per heavy atom. The van der Waals surface area contributed by atoms with E-state index in [1.54, 1.807) is 0 Å². The number of aliphatic carboxylic acids is 1. The highest BCUT2D eigenvalue weighted by atomic mass is 16.4. The average molecular weight is 363 g/mol. The molecule has 5 heteroatoms. The van der Waals surface area contributed by atoms with Crippen molar-refractivity contribution < 1.29 is 14.7 Å². The molecular formula is C22H23N2O3-. The van der Waals surface area contributed by atoms with Gasteiger partial charge in [-0.2, -0.15) is 0 Å². The second-order valence-electron chi connectivity index (χ2n) is 6.62. The molecule has 0 aliphatic heterocycles. The van der Waals surface area contributed by atoms with Crippen molar-refractivity contribution in [3.63, 3.8) is 0 Å². The third-order valence-electron chi connectivity index (χ3n) is 4.80. The van der Waals surface area contributed by atoms with E-state index in [0.717, 1.165) is 6.54 Å². The molecule has 1 heterocycles. The SMILES string of the molecule is Cc1c(CCNC(=O)CCC(=O)[O-])c2ccccc2n1Cc1ccccc1. The largest absolute Gasteiger partial charge is 0.550 e. The van der Waals surface area contributed by atoms with Crippen LogP contribution in [0.5, 0.6) is 0 Å². The van der Waals surface area contributed by atoms with E-state index in [0.29, 0.717) is 13.0 Å². The fourth-order valence-corrected chi connectivity index (χ4v) is 3.42. The number of nitrogens with one attached hydrogen (secondary N) is 1. The molecule has 0 saturated carbocycles. The van der Waals surface area contributed by atoms with Crippen molar-refractivity contribution in [2.24, 2.45) is 0 Å². The molecule has 0 aliphatic carbocycles. The van der Waals surface area contributed by atoms with Crippen molar-refractivity contribution in [2.45, 2.75) is 32.7 Å². The Labute approximate surface area is 158 Å². The second-order valence-corrected chi connectivity index (χ2v) is 6.62. The van der Waals surface area contributed by atoms with E-state index >= 15 is 0 Å². The molecule has 3 rings (SSSR count). The molecule has 5 nitrogen and oxygen atoms in total. The third-order valence-corrected chi connectivity index (χ3v) is 4.80. The second kappa shape index (κ2) is 8.54. The van der Waals surface area contributed by atoms with Crippen molar-refractivity contribution >= 4 is 22.8 Å². The van der Waals surface area contributed by atoms with E-state index in [1.165, 1.54) is 27.7 Å². The van der Waals surface area contributed by atoms with Crippen molar-refractivity contribution in [1.82, 2.24) is 9.88 Å². The van der Waals surface area contributed by atoms with E-state index in [-0.39, 0.29) is 18.7 Å². The molecule has 3 aromatic rings. The van der Waals surface area contributed by atoms with Gasteiger partial charge >= 0.3 is 0 Å². The van der Waals surface area contributed by atoms with Crippen LogP contribution >= 0.6 is 0 Å². The lowest BCUT2D eigenvalue weighted by atomic mass is 10.1. The smallest absolute Gasteiger partial charge is 0.220 e. The summed E-state index contributed by atoms with van der Waals surface area (Å²) in [7, 11) is 0. The number of benzene rings is 2. The predicted molar refractivity (Wildman–Crippen MR) is 103 cm³/mol. The number of nitrogens with zero attached hydrogens (tertiary/aromatic N) is 1. The summed E-state index contributed by atoms with van der Waals surface area (Å²) in [5.74, 6) is -1.46. The summed E-state index contributed by atoms with van der Waals surface area (Å²) < 4.78 is 2.30. The number of rotatable bonds is 8. The van der Waals surface area contributed by atoms with Gasteiger partial charge in [-0.25, -0.2) is 0 Å². The maximum atomic E-state index is 11.7. The lowest BCUT2D eigenvalue weighted by Crippen LogP contribution is -2.29. The van der Waals surface area contributed by atoms with Crippen LogP contribution < -0.4 is 10.4 Å². The molecule has 27 heavy (non-hydrogen) atoms. The van der Waals surface area contributed by atoms with Crippen LogP contribution in [0.25, 0.3) is 10.9 Å². The minimum Gasteiger partial charge on any atom is -0.550 e. The van der Waals surface area contributed by atoms with E-state index in [1.807, 2.05) is 30.3 Å². The van der Waals surface area contributed by atoms with Crippen LogP contribution in [0.15, 0.2) is 54.6 Å². The van der Waals surface area contributed by atoms with Gasteiger partial charge in [-0.1, -0.05) is 48.5 Å². The fourth-order valence-electron chi connectivity index (χ4n) is 3.42. The fraction of sp³-hybridized carbons (Fsp3) is 0.273. The molecule has 1 amide bonds. The first-order chi connectivity index (χ1) is 13.1. The van der Waals surface area contributed by atoms with Crippen molar-refractivity contribution in [1.29, 1.82) is 0 Å². The summed E-state index contributed by atoms with van der Waals surface area (Å²) in [6, 6.07) is 18.6. The molecule has 0 atom stereocenters. The first-order valence-electron chi connectivity index (χ1n) is 9.13. The normalized spacial score (nSPS) is 10.9. The van der Waals surface area contributed by atoms with Crippen LogP contribution in [0.2, 0.25) is 0 Å².